The number of hydrogen-bond acceptors (Lipinski definition) is 2. The van der Waals surface area contributed by atoms with Crippen molar-refractivity contribution in [2.24, 2.45) is 0 Å². The van der Waals surface area contributed by atoms with Gasteiger partial charge in [-0.25, -0.2) is 9.18 Å². The Labute approximate surface area is 131 Å². The Bertz CT molecular complexity index is 518. The maximum Gasteiger partial charge on any atom is 0.317 e. The van der Waals surface area contributed by atoms with E-state index >= 15 is 0 Å². The Morgan fingerprint density at radius 2 is 1.95 bits per heavy atom. The van der Waals surface area contributed by atoms with Gasteiger partial charge in [-0.15, -0.1) is 0 Å². The predicted octanol–water partition coefficient (Wildman–Crippen LogP) is 2.66. The number of aliphatic hydroxyl groups is 1. The molecular weight excluding hydrogens is 283 g/mol. The van der Waals surface area contributed by atoms with Crippen LogP contribution in [0.15, 0.2) is 24.3 Å². The van der Waals surface area contributed by atoms with Crippen LogP contribution in [0.25, 0.3) is 0 Å². The van der Waals surface area contributed by atoms with Gasteiger partial charge < -0.3 is 15.3 Å². The molecule has 1 saturated carbocycles. The molecule has 22 heavy (non-hydrogen) atoms. The number of urea groups is 1. The summed E-state index contributed by atoms with van der Waals surface area (Å²) in [6, 6.07) is 6.35. The van der Waals surface area contributed by atoms with Gasteiger partial charge in [0.2, 0.25) is 0 Å². The molecule has 5 heteroatoms. The maximum absolute atomic E-state index is 13.1. The molecular formula is C17H25FN2O2. The SMILES string of the molecule is CN(CC(C)(C)O)C(=O)NCC1(c2ccc(F)cc2)CCC1. The van der Waals surface area contributed by atoms with E-state index in [1.165, 1.54) is 17.0 Å². The third-order valence-corrected chi connectivity index (χ3v) is 4.32. The Morgan fingerprint density at radius 1 is 1.36 bits per heavy atom. The highest BCUT2D eigenvalue weighted by molar-refractivity contribution is 5.74. The summed E-state index contributed by atoms with van der Waals surface area (Å²) in [6.07, 6.45) is 3.11. The molecule has 0 unspecified atom stereocenters. The lowest BCUT2D eigenvalue weighted by Gasteiger charge is -2.43. The second-order valence-corrected chi connectivity index (χ2v) is 6.97. The van der Waals surface area contributed by atoms with Crippen molar-refractivity contribution in [2.45, 2.75) is 44.1 Å². The minimum absolute atomic E-state index is 0.0844. The van der Waals surface area contributed by atoms with Crippen LogP contribution in [-0.2, 0) is 5.41 Å². The molecule has 1 aliphatic rings. The minimum Gasteiger partial charge on any atom is -0.389 e. The van der Waals surface area contributed by atoms with Crippen LogP contribution in [0.1, 0.15) is 38.7 Å². The number of halogens is 1. The minimum atomic E-state index is -0.919. The van der Waals surface area contributed by atoms with E-state index in [1.54, 1.807) is 33.0 Å². The van der Waals surface area contributed by atoms with E-state index in [4.69, 9.17) is 0 Å². The van der Waals surface area contributed by atoms with Crippen molar-refractivity contribution in [1.29, 1.82) is 0 Å². The van der Waals surface area contributed by atoms with Crippen molar-refractivity contribution in [3.63, 3.8) is 0 Å². The number of benzene rings is 1. The van der Waals surface area contributed by atoms with E-state index in [0.29, 0.717) is 6.54 Å². The number of nitrogens with zero attached hydrogens (tertiary/aromatic N) is 1. The van der Waals surface area contributed by atoms with E-state index in [1.807, 2.05) is 0 Å². The fraction of sp³-hybridized carbons (Fsp3) is 0.588. The van der Waals surface area contributed by atoms with Crippen molar-refractivity contribution in [3.05, 3.63) is 35.6 Å². The van der Waals surface area contributed by atoms with Crippen LogP contribution in [0.4, 0.5) is 9.18 Å². The molecule has 122 valence electrons. The van der Waals surface area contributed by atoms with Crippen LogP contribution in [0.5, 0.6) is 0 Å². The Kier molecular flexibility index (Phi) is 4.75. The van der Waals surface area contributed by atoms with Crippen molar-refractivity contribution in [2.75, 3.05) is 20.1 Å². The molecule has 4 nitrogen and oxygen atoms in total. The zero-order valence-corrected chi connectivity index (χ0v) is 13.5. The molecule has 0 saturated heterocycles. The molecule has 1 aromatic rings. The number of nitrogens with one attached hydrogen (secondary N) is 1. The molecule has 0 spiro atoms. The average molecular weight is 308 g/mol. The van der Waals surface area contributed by atoms with Gasteiger partial charge in [-0.05, 0) is 44.4 Å². The van der Waals surface area contributed by atoms with E-state index in [2.05, 4.69) is 5.32 Å². The third-order valence-electron chi connectivity index (χ3n) is 4.32. The van der Waals surface area contributed by atoms with Crippen molar-refractivity contribution >= 4 is 6.03 Å². The van der Waals surface area contributed by atoms with Crippen molar-refractivity contribution in [3.8, 4) is 0 Å². The van der Waals surface area contributed by atoms with Crippen LogP contribution < -0.4 is 5.32 Å². The first kappa shape index (κ1) is 16.7. The lowest BCUT2D eigenvalue weighted by atomic mass is 9.64. The number of carbonyl (C=O) groups excluding carboxylic acids is 1. The van der Waals surface area contributed by atoms with E-state index in [9.17, 15) is 14.3 Å². The lowest BCUT2D eigenvalue weighted by Crippen LogP contribution is -2.50. The molecule has 2 rings (SSSR count). The first-order chi connectivity index (χ1) is 10.2. The largest absolute Gasteiger partial charge is 0.389 e. The van der Waals surface area contributed by atoms with Crippen LogP contribution >= 0.6 is 0 Å². The molecule has 2 N–H and O–H groups in total. The molecule has 0 heterocycles. The lowest BCUT2D eigenvalue weighted by molar-refractivity contribution is 0.0527. The second-order valence-electron chi connectivity index (χ2n) is 6.97. The smallest absolute Gasteiger partial charge is 0.317 e. The van der Waals surface area contributed by atoms with Crippen LogP contribution in [-0.4, -0.2) is 41.8 Å². The standard InChI is InChI=1S/C17H25FN2O2/c1-16(2,22)12-20(3)15(21)19-11-17(9-4-10-17)13-5-7-14(18)8-6-13/h5-8,22H,4,9-12H2,1-3H3,(H,19,21). The van der Waals surface area contributed by atoms with Gasteiger partial charge in [0.05, 0.1) is 12.1 Å². The average Bonchev–Trinajstić information content (AvgIpc) is 2.37. The van der Waals surface area contributed by atoms with Crippen LogP contribution in [0.3, 0.4) is 0 Å². The highest BCUT2D eigenvalue weighted by Gasteiger charge is 2.39. The summed E-state index contributed by atoms with van der Waals surface area (Å²) >= 11 is 0. The van der Waals surface area contributed by atoms with Gasteiger partial charge in [0.1, 0.15) is 5.82 Å². The zero-order chi connectivity index (χ0) is 16.4. The summed E-state index contributed by atoms with van der Waals surface area (Å²) in [6.45, 7) is 4.14. The normalized spacial score (nSPS) is 16.8. The summed E-state index contributed by atoms with van der Waals surface area (Å²) in [5, 5.41) is 12.7. The highest BCUT2D eigenvalue weighted by Crippen LogP contribution is 2.43. The summed E-state index contributed by atoms with van der Waals surface area (Å²) in [5.41, 5.74) is 0.0708. The summed E-state index contributed by atoms with van der Waals surface area (Å²) in [7, 11) is 1.67. The zero-order valence-electron chi connectivity index (χ0n) is 13.5. The van der Waals surface area contributed by atoms with Gasteiger partial charge in [0.25, 0.3) is 0 Å². The number of hydrogen-bond donors (Lipinski definition) is 2. The van der Waals surface area contributed by atoms with Crippen LogP contribution in [0.2, 0.25) is 0 Å². The fourth-order valence-corrected chi connectivity index (χ4v) is 3.01. The second kappa shape index (κ2) is 6.24. The summed E-state index contributed by atoms with van der Waals surface area (Å²) in [4.78, 5) is 13.6. The molecule has 1 aliphatic carbocycles. The van der Waals surface area contributed by atoms with Gasteiger partial charge in [-0.2, -0.15) is 0 Å². The number of amides is 2. The Hall–Kier alpha value is -1.62. The van der Waals surface area contributed by atoms with E-state index in [-0.39, 0.29) is 23.8 Å². The monoisotopic (exact) mass is 308 g/mol. The molecule has 0 radical (unpaired) electrons. The molecule has 0 aliphatic heterocycles. The first-order valence-corrected chi connectivity index (χ1v) is 7.69. The topological polar surface area (TPSA) is 52.6 Å². The van der Waals surface area contributed by atoms with Crippen molar-refractivity contribution < 1.29 is 14.3 Å². The Balaban J connectivity index is 1.96. The summed E-state index contributed by atoms with van der Waals surface area (Å²) in [5.74, 6) is -0.243. The fourth-order valence-electron chi connectivity index (χ4n) is 3.01. The highest BCUT2D eigenvalue weighted by atomic mass is 19.1. The maximum atomic E-state index is 13.1. The molecule has 0 aromatic heterocycles. The van der Waals surface area contributed by atoms with Gasteiger partial charge >= 0.3 is 6.03 Å². The first-order valence-electron chi connectivity index (χ1n) is 7.69. The van der Waals surface area contributed by atoms with Gasteiger partial charge in [0.15, 0.2) is 0 Å². The van der Waals surface area contributed by atoms with Gasteiger partial charge in [0, 0.05) is 19.0 Å². The van der Waals surface area contributed by atoms with Gasteiger partial charge in [-0.1, -0.05) is 18.6 Å². The molecule has 1 fully saturated rings. The molecule has 2 amide bonds. The van der Waals surface area contributed by atoms with Crippen LogP contribution in [0, 0.1) is 5.82 Å². The Morgan fingerprint density at radius 3 is 2.41 bits per heavy atom. The molecule has 1 aromatic carbocycles. The molecule has 0 atom stereocenters. The van der Waals surface area contributed by atoms with E-state index in [0.717, 1.165) is 24.8 Å². The summed E-state index contributed by atoms with van der Waals surface area (Å²) < 4.78 is 13.1. The van der Waals surface area contributed by atoms with E-state index < -0.39 is 5.60 Å². The predicted molar refractivity (Wildman–Crippen MR) is 84.3 cm³/mol. The molecule has 0 bridgehead atoms. The number of likely N-dealkylation sites (N-methyl/N-ethyl adjacent to an activating group) is 1. The van der Waals surface area contributed by atoms with Crippen molar-refractivity contribution in [1.82, 2.24) is 10.2 Å². The third kappa shape index (κ3) is 3.97. The number of rotatable bonds is 5. The van der Waals surface area contributed by atoms with Gasteiger partial charge in [-0.3, -0.25) is 0 Å². The number of carbonyl (C=O) groups is 1. The quantitative estimate of drug-likeness (QED) is 0.878.